The maximum absolute atomic E-state index is 12.6. The van der Waals surface area contributed by atoms with Gasteiger partial charge < -0.3 is 5.32 Å². The molecule has 0 unspecified atom stereocenters. The second kappa shape index (κ2) is 7.43. The molecule has 0 aliphatic carbocycles. The van der Waals surface area contributed by atoms with E-state index in [0.717, 1.165) is 14.4 Å². The molecule has 1 amide bonds. The SMILES string of the molecule is Cc1nc(NC(=O)C2CCN(S(=O)(=O)c3ccc(Br)s3)CC2)sc1C. The van der Waals surface area contributed by atoms with Crippen LogP contribution in [-0.4, -0.2) is 36.7 Å². The lowest BCUT2D eigenvalue weighted by atomic mass is 9.97. The predicted octanol–water partition coefficient (Wildman–Crippen LogP) is 3.62. The van der Waals surface area contributed by atoms with E-state index in [1.807, 2.05) is 13.8 Å². The van der Waals surface area contributed by atoms with E-state index in [1.165, 1.54) is 27.0 Å². The van der Waals surface area contributed by atoms with E-state index in [4.69, 9.17) is 0 Å². The Labute approximate surface area is 163 Å². The molecule has 10 heteroatoms. The third-order valence-corrected chi connectivity index (χ3v) is 9.20. The van der Waals surface area contributed by atoms with Gasteiger partial charge in [0.2, 0.25) is 5.91 Å². The van der Waals surface area contributed by atoms with Gasteiger partial charge in [-0.05, 0) is 54.8 Å². The molecule has 25 heavy (non-hydrogen) atoms. The number of nitrogens with zero attached hydrogens (tertiary/aromatic N) is 2. The molecule has 1 fully saturated rings. The molecule has 1 saturated heterocycles. The lowest BCUT2D eigenvalue weighted by Gasteiger charge is -2.29. The van der Waals surface area contributed by atoms with Crippen molar-refractivity contribution in [3.05, 3.63) is 26.5 Å². The number of aromatic nitrogens is 1. The third kappa shape index (κ3) is 4.13. The Morgan fingerprint density at radius 1 is 1.28 bits per heavy atom. The first-order valence-electron chi connectivity index (χ1n) is 7.78. The minimum Gasteiger partial charge on any atom is -0.302 e. The average molecular weight is 464 g/mol. The van der Waals surface area contributed by atoms with Crippen LogP contribution < -0.4 is 5.32 Å². The highest BCUT2D eigenvalue weighted by molar-refractivity contribution is 9.11. The van der Waals surface area contributed by atoms with Gasteiger partial charge in [0.05, 0.1) is 9.48 Å². The highest BCUT2D eigenvalue weighted by Gasteiger charge is 2.33. The number of hydrogen-bond donors (Lipinski definition) is 1. The van der Waals surface area contributed by atoms with E-state index in [9.17, 15) is 13.2 Å². The van der Waals surface area contributed by atoms with Crippen molar-refractivity contribution in [1.29, 1.82) is 0 Å². The van der Waals surface area contributed by atoms with Crippen LogP contribution >= 0.6 is 38.6 Å². The maximum atomic E-state index is 12.6. The molecule has 1 aliphatic heterocycles. The van der Waals surface area contributed by atoms with Gasteiger partial charge in [-0.1, -0.05) is 0 Å². The minimum absolute atomic E-state index is 0.0790. The minimum atomic E-state index is -3.47. The Hall–Kier alpha value is -0.810. The molecular weight excluding hydrogens is 446 g/mol. The van der Waals surface area contributed by atoms with Crippen molar-refractivity contribution in [2.45, 2.75) is 30.9 Å². The standard InChI is InChI=1S/C15H18BrN3O3S3/c1-9-10(2)23-15(17-9)18-14(20)11-5-7-19(8-6-11)25(21,22)13-4-3-12(16)24-13/h3-4,11H,5-8H2,1-2H3,(H,17,18,20). The van der Waals surface area contributed by atoms with Crippen molar-refractivity contribution < 1.29 is 13.2 Å². The van der Waals surface area contributed by atoms with Crippen LogP contribution in [0.1, 0.15) is 23.4 Å². The highest BCUT2D eigenvalue weighted by Crippen LogP contribution is 2.31. The summed E-state index contributed by atoms with van der Waals surface area (Å²) in [5.41, 5.74) is 0.920. The molecule has 3 heterocycles. The first-order chi connectivity index (χ1) is 11.8. The van der Waals surface area contributed by atoms with Gasteiger partial charge in [0.25, 0.3) is 10.0 Å². The van der Waals surface area contributed by atoms with Crippen molar-refractivity contribution >= 4 is 59.7 Å². The summed E-state index contributed by atoms with van der Waals surface area (Å²) in [5.74, 6) is -0.268. The number of sulfonamides is 1. The number of hydrogen-bond acceptors (Lipinski definition) is 6. The van der Waals surface area contributed by atoms with E-state index in [2.05, 4.69) is 26.2 Å². The lowest BCUT2D eigenvalue weighted by Crippen LogP contribution is -2.41. The quantitative estimate of drug-likeness (QED) is 0.750. The van der Waals surface area contributed by atoms with E-state index < -0.39 is 10.0 Å². The number of amides is 1. The maximum Gasteiger partial charge on any atom is 0.252 e. The second-order valence-electron chi connectivity index (χ2n) is 5.89. The lowest BCUT2D eigenvalue weighted by molar-refractivity contribution is -0.120. The molecule has 136 valence electrons. The smallest absolute Gasteiger partial charge is 0.252 e. The molecule has 0 radical (unpaired) electrons. The largest absolute Gasteiger partial charge is 0.302 e. The molecule has 0 spiro atoms. The summed E-state index contributed by atoms with van der Waals surface area (Å²) in [5, 5.41) is 3.47. The van der Waals surface area contributed by atoms with Gasteiger partial charge in [0.15, 0.2) is 5.13 Å². The van der Waals surface area contributed by atoms with Crippen LogP contribution in [0.5, 0.6) is 0 Å². The Balaban J connectivity index is 1.60. The molecule has 0 atom stereocenters. The molecule has 6 nitrogen and oxygen atoms in total. The van der Waals surface area contributed by atoms with Gasteiger partial charge in [0, 0.05) is 23.9 Å². The van der Waals surface area contributed by atoms with Gasteiger partial charge in [-0.2, -0.15) is 4.31 Å². The van der Waals surface area contributed by atoms with E-state index in [0.29, 0.717) is 35.3 Å². The summed E-state index contributed by atoms with van der Waals surface area (Å²) in [6.45, 7) is 4.58. The molecule has 1 aliphatic rings. The van der Waals surface area contributed by atoms with Gasteiger partial charge >= 0.3 is 0 Å². The number of aryl methyl sites for hydroxylation is 2. The Bertz CT molecular complexity index is 863. The number of halogens is 1. The number of thiazole rings is 1. The molecular formula is C15H18BrN3O3S3. The summed E-state index contributed by atoms with van der Waals surface area (Å²) in [4.78, 5) is 17.8. The topological polar surface area (TPSA) is 79.4 Å². The van der Waals surface area contributed by atoms with E-state index >= 15 is 0 Å². The van der Waals surface area contributed by atoms with Crippen molar-refractivity contribution in [1.82, 2.24) is 9.29 Å². The fourth-order valence-electron chi connectivity index (χ4n) is 2.66. The van der Waals surface area contributed by atoms with E-state index in [-0.39, 0.29) is 11.8 Å². The number of carbonyl (C=O) groups is 1. The Morgan fingerprint density at radius 2 is 1.96 bits per heavy atom. The van der Waals surface area contributed by atoms with Gasteiger partial charge in [-0.25, -0.2) is 13.4 Å². The van der Waals surface area contributed by atoms with Gasteiger partial charge in [0.1, 0.15) is 4.21 Å². The van der Waals surface area contributed by atoms with Gasteiger partial charge in [-0.15, -0.1) is 22.7 Å². The molecule has 1 N–H and O–H groups in total. The summed E-state index contributed by atoms with van der Waals surface area (Å²) in [6.07, 6.45) is 1.03. The summed E-state index contributed by atoms with van der Waals surface area (Å²) >= 11 is 5.95. The monoisotopic (exact) mass is 463 g/mol. The van der Waals surface area contributed by atoms with Crippen LogP contribution in [0.2, 0.25) is 0 Å². The Kier molecular flexibility index (Phi) is 5.64. The van der Waals surface area contributed by atoms with Crippen LogP contribution in [0.25, 0.3) is 0 Å². The fraction of sp³-hybridized carbons (Fsp3) is 0.467. The van der Waals surface area contributed by atoms with Crippen molar-refractivity contribution in [3.63, 3.8) is 0 Å². The molecule has 0 bridgehead atoms. The number of carbonyl (C=O) groups excluding carboxylic acids is 1. The van der Waals surface area contributed by atoms with Crippen LogP contribution in [0.15, 0.2) is 20.1 Å². The summed E-state index contributed by atoms with van der Waals surface area (Å²) in [7, 11) is -3.47. The fourth-order valence-corrected chi connectivity index (χ4v) is 7.11. The van der Waals surface area contributed by atoms with E-state index in [1.54, 1.807) is 12.1 Å². The van der Waals surface area contributed by atoms with Crippen LogP contribution in [-0.2, 0) is 14.8 Å². The molecule has 3 rings (SSSR count). The van der Waals surface area contributed by atoms with Gasteiger partial charge in [-0.3, -0.25) is 4.79 Å². The number of piperidine rings is 1. The Morgan fingerprint density at radius 3 is 2.48 bits per heavy atom. The predicted molar refractivity (Wildman–Crippen MR) is 104 cm³/mol. The van der Waals surface area contributed by atoms with Crippen molar-refractivity contribution in [2.24, 2.45) is 5.92 Å². The summed E-state index contributed by atoms with van der Waals surface area (Å²) < 4.78 is 27.8. The van der Waals surface area contributed by atoms with Crippen molar-refractivity contribution in [3.8, 4) is 0 Å². The molecule has 0 aromatic carbocycles. The summed E-state index contributed by atoms with van der Waals surface area (Å²) in [6, 6.07) is 3.34. The zero-order valence-electron chi connectivity index (χ0n) is 13.8. The third-order valence-electron chi connectivity index (χ3n) is 4.23. The second-order valence-corrected chi connectivity index (χ2v) is 11.7. The van der Waals surface area contributed by atoms with Crippen molar-refractivity contribution in [2.75, 3.05) is 18.4 Å². The highest BCUT2D eigenvalue weighted by atomic mass is 79.9. The number of rotatable bonds is 4. The number of thiophene rings is 1. The molecule has 2 aromatic heterocycles. The van der Waals surface area contributed by atoms with Crippen LogP contribution in [0.3, 0.4) is 0 Å². The first-order valence-corrected chi connectivity index (χ1v) is 11.6. The first kappa shape index (κ1) is 19.0. The molecule has 0 saturated carbocycles. The molecule has 2 aromatic rings. The zero-order chi connectivity index (χ0) is 18.2. The number of anilines is 1. The normalized spacial score (nSPS) is 16.9. The van der Waals surface area contributed by atoms with Crippen LogP contribution in [0.4, 0.5) is 5.13 Å². The zero-order valence-corrected chi connectivity index (χ0v) is 17.8. The van der Waals surface area contributed by atoms with Crippen LogP contribution in [0, 0.1) is 19.8 Å². The average Bonchev–Trinajstić information content (AvgIpc) is 3.14. The number of nitrogens with one attached hydrogen (secondary N) is 1.